The summed E-state index contributed by atoms with van der Waals surface area (Å²) in [5.74, 6) is -3.44. The van der Waals surface area contributed by atoms with Crippen LogP contribution < -0.4 is 0 Å². The number of carbonyl (C=O) groups is 2. The predicted molar refractivity (Wildman–Crippen MR) is 67.1 cm³/mol. The maximum Gasteiger partial charge on any atom is 0.305 e. The molecule has 0 heterocycles. The molecule has 1 N–H and O–H groups in total. The van der Waals surface area contributed by atoms with E-state index in [0.717, 1.165) is 0 Å². The summed E-state index contributed by atoms with van der Waals surface area (Å²) in [5, 5.41) is 8.56. The molecule has 108 valence electrons. The van der Waals surface area contributed by atoms with Gasteiger partial charge in [0.25, 0.3) is 0 Å². The van der Waals surface area contributed by atoms with Gasteiger partial charge in [0.2, 0.25) is 5.91 Å². The summed E-state index contributed by atoms with van der Waals surface area (Å²) in [6.45, 7) is 0.0944. The van der Waals surface area contributed by atoms with Crippen molar-refractivity contribution >= 4 is 11.9 Å². The van der Waals surface area contributed by atoms with E-state index < -0.39 is 29.4 Å². The normalized spacial score (nSPS) is 20.6. The van der Waals surface area contributed by atoms with Gasteiger partial charge in [-0.1, -0.05) is 6.07 Å². The molecular formula is C14H15F2NO3. The Hall–Kier alpha value is -1.98. The van der Waals surface area contributed by atoms with Crippen LogP contribution in [0.25, 0.3) is 0 Å². The van der Waals surface area contributed by atoms with Gasteiger partial charge < -0.3 is 10.0 Å². The van der Waals surface area contributed by atoms with Gasteiger partial charge in [-0.3, -0.25) is 9.59 Å². The number of amides is 1. The molecule has 1 aromatic rings. The number of carbonyl (C=O) groups excluding carboxylic acids is 1. The molecule has 2 atom stereocenters. The van der Waals surface area contributed by atoms with Crippen LogP contribution in [0.15, 0.2) is 18.2 Å². The molecule has 6 heteroatoms. The van der Waals surface area contributed by atoms with Gasteiger partial charge in [0.15, 0.2) is 0 Å². The molecule has 0 aromatic heterocycles. The molecular weight excluding hydrogens is 268 g/mol. The van der Waals surface area contributed by atoms with Crippen molar-refractivity contribution in [1.29, 1.82) is 0 Å². The van der Waals surface area contributed by atoms with Crippen molar-refractivity contribution in [2.24, 2.45) is 5.92 Å². The zero-order valence-corrected chi connectivity index (χ0v) is 11.0. The van der Waals surface area contributed by atoms with Crippen LogP contribution in [-0.4, -0.2) is 35.5 Å². The van der Waals surface area contributed by atoms with Gasteiger partial charge in [0, 0.05) is 31.0 Å². The van der Waals surface area contributed by atoms with E-state index in [4.69, 9.17) is 5.11 Å². The predicted octanol–water partition coefficient (Wildman–Crippen LogP) is 2.00. The molecule has 0 radical (unpaired) electrons. The van der Waals surface area contributed by atoms with E-state index in [1.54, 1.807) is 0 Å². The Bertz CT molecular complexity index is 527. The van der Waals surface area contributed by atoms with Crippen LogP contribution in [-0.2, 0) is 9.59 Å². The highest BCUT2D eigenvalue weighted by molar-refractivity contribution is 5.83. The number of carboxylic acid groups (broad SMARTS) is 1. The van der Waals surface area contributed by atoms with Gasteiger partial charge >= 0.3 is 5.97 Å². The summed E-state index contributed by atoms with van der Waals surface area (Å²) in [5.41, 5.74) is -0.0440. The second kappa shape index (κ2) is 5.56. The van der Waals surface area contributed by atoms with Crippen molar-refractivity contribution in [3.8, 4) is 0 Å². The van der Waals surface area contributed by atoms with Crippen LogP contribution in [0.4, 0.5) is 8.78 Å². The Kier molecular flexibility index (Phi) is 4.01. The molecule has 1 fully saturated rings. The molecule has 20 heavy (non-hydrogen) atoms. The van der Waals surface area contributed by atoms with Crippen LogP contribution in [0.5, 0.6) is 0 Å². The fraction of sp³-hybridized carbons (Fsp3) is 0.429. The van der Waals surface area contributed by atoms with Gasteiger partial charge in [-0.25, -0.2) is 8.78 Å². The lowest BCUT2D eigenvalue weighted by Crippen LogP contribution is -2.30. The highest BCUT2D eigenvalue weighted by Crippen LogP contribution is 2.49. The lowest BCUT2D eigenvalue weighted by molar-refractivity contribution is -0.138. The van der Waals surface area contributed by atoms with Gasteiger partial charge in [-0.05, 0) is 18.6 Å². The maximum absolute atomic E-state index is 13.6. The van der Waals surface area contributed by atoms with E-state index in [1.807, 2.05) is 0 Å². The second-order valence-electron chi connectivity index (χ2n) is 4.99. The van der Waals surface area contributed by atoms with E-state index in [0.29, 0.717) is 6.42 Å². The van der Waals surface area contributed by atoms with Gasteiger partial charge in [0.05, 0.1) is 6.42 Å². The van der Waals surface area contributed by atoms with E-state index >= 15 is 0 Å². The van der Waals surface area contributed by atoms with Crippen LogP contribution in [0.3, 0.4) is 0 Å². The summed E-state index contributed by atoms with van der Waals surface area (Å²) in [4.78, 5) is 23.8. The lowest BCUT2D eigenvalue weighted by atomic mass is 10.1. The number of halogens is 2. The Labute approximate surface area is 115 Å². The largest absolute Gasteiger partial charge is 0.481 e. The molecule has 0 saturated heterocycles. The molecule has 4 nitrogen and oxygen atoms in total. The van der Waals surface area contributed by atoms with E-state index in [9.17, 15) is 18.4 Å². The molecule has 0 bridgehead atoms. The minimum atomic E-state index is -0.989. The number of rotatable bonds is 5. The summed E-state index contributed by atoms with van der Waals surface area (Å²) in [6.07, 6.45) is 0.252. The molecule has 1 aromatic carbocycles. The van der Waals surface area contributed by atoms with E-state index in [1.165, 1.54) is 30.1 Å². The summed E-state index contributed by atoms with van der Waals surface area (Å²) < 4.78 is 27.2. The van der Waals surface area contributed by atoms with Crippen molar-refractivity contribution in [3.05, 3.63) is 35.4 Å². The van der Waals surface area contributed by atoms with E-state index in [2.05, 4.69) is 0 Å². The minimum Gasteiger partial charge on any atom is -0.481 e. The fourth-order valence-electron chi connectivity index (χ4n) is 2.31. The Morgan fingerprint density at radius 2 is 1.95 bits per heavy atom. The average molecular weight is 283 g/mol. The Balaban J connectivity index is 2.01. The third-order valence-corrected chi connectivity index (χ3v) is 3.52. The van der Waals surface area contributed by atoms with Crippen LogP contribution >= 0.6 is 0 Å². The van der Waals surface area contributed by atoms with E-state index in [-0.39, 0.29) is 24.4 Å². The molecule has 1 aliphatic rings. The topological polar surface area (TPSA) is 57.6 Å². The van der Waals surface area contributed by atoms with Crippen molar-refractivity contribution in [2.45, 2.75) is 18.8 Å². The van der Waals surface area contributed by atoms with Crippen molar-refractivity contribution in [1.82, 2.24) is 4.90 Å². The maximum atomic E-state index is 13.6. The SMILES string of the molecule is CN(CCC(=O)O)C(=O)[C@@H]1C[C@H]1c1c(F)cccc1F. The summed E-state index contributed by atoms with van der Waals surface area (Å²) in [7, 11) is 1.50. The molecule has 1 aliphatic carbocycles. The first-order valence-corrected chi connectivity index (χ1v) is 6.32. The molecule has 2 rings (SSSR count). The van der Waals surface area contributed by atoms with Gasteiger partial charge in [0.1, 0.15) is 11.6 Å². The number of benzene rings is 1. The number of hydrogen-bond donors (Lipinski definition) is 1. The van der Waals surface area contributed by atoms with Crippen molar-refractivity contribution < 1.29 is 23.5 Å². The summed E-state index contributed by atoms with van der Waals surface area (Å²) >= 11 is 0. The molecule has 1 amide bonds. The number of aliphatic carboxylic acids is 1. The highest BCUT2D eigenvalue weighted by Gasteiger charge is 2.47. The zero-order chi connectivity index (χ0) is 14.9. The van der Waals surface area contributed by atoms with Gasteiger partial charge in [-0.2, -0.15) is 0 Å². The van der Waals surface area contributed by atoms with Crippen molar-refractivity contribution in [2.75, 3.05) is 13.6 Å². The number of hydrogen-bond acceptors (Lipinski definition) is 2. The summed E-state index contributed by atoms with van der Waals surface area (Å²) in [6, 6.07) is 3.63. The number of nitrogens with zero attached hydrogens (tertiary/aromatic N) is 1. The molecule has 0 unspecified atom stereocenters. The van der Waals surface area contributed by atoms with Crippen LogP contribution in [0.2, 0.25) is 0 Å². The smallest absolute Gasteiger partial charge is 0.305 e. The third kappa shape index (κ3) is 2.95. The fourth-order valence-corrected chi connectivity index (χ4v) is 2.31. The first-order chi connectivity index (χ1) is 9.41. The molecule has 1 saturated carbocycles. The monoisotopic (exact) mass is 283 g/mol. The first kappa shape index (κ1) is 14.4. The van der Waals surface area contributed by atoms with Gasteiger partial charge in [-0.15, -0.1) is 0 Å². The highest BCUT2D eigenvalue weighted by atomic mass is 19.1. The molecule has 0 aliphatic heterocycles. The number of carboxylic acids is 1. The van der Waals surface area contributed by atoms with Crippen LogP contribution in [0.1, 0.15) is 24.3 Å². The quantitative estimate of drug-likeness (QED) is 0.899. The Morgan fingerprint density at radius 3 is 2.50 bits per heavy atom. The third-order valence-electron chi connectivity index (χ3n) is 3.52. The standard InChI is InChI=1S/C14H15F2NO3/c1-17(6-5-12(18)19)14(20)9-7-8(9)13-10(15)3-2-4-11(13)16/h2-4,8-9H,5-7H2,1H3,(H,18,19)/t8-,9-/m1/s1. The average Bonchev–Trinajstić information content (AvgIpc) is 3.15. The molecule has 0 spiro atoms. The zero-order valence-electron chi connectivity index (χ0n) is 11.0. The van der Waals surface area contributed by atoms with Crippen LogP contribution in [0, 0.1) is 17.6 Å². The first-order valence-electron chi connectivity index (χ1n) is 6.32. The minimum absolute atomic E-state index is 0.0440. The van der Waals surface area contributed by atoms with Crippen molar-refractivity contribution in [3.63, 3.8) is 0 Å². The Morgan fingerprint density at radius 1 is 1.35 bits per heavy atom. The second-order valence-corrected chi connectivity index (χ2v) is 4.99. The lowest BCUT2D eigenvalue weighted by Gasteiger charge is -2.16.